The van der Waals surface area contributed by atoms with Gasteiger partial charge in [-0.3, -0.25) is 0 Å². The largest absolute Gasteiger partial charge is 0.488 e. The number of fused-ring (bicyclic) bond motifs is 2. The molecule has 24 heavy (non-hydrogen) atoms. The Balaban J connectivity index is 1.92. The van der Waals surface area contributed by atoms with E-state index in [1.54, 1.807) is 18.2 Å². The summed E-state index contributed by atoms with van der Waals surface area (Å²) in [7, 11) is -1.49. The van der Waals surface area contributed by atoms with Crippen LogP contribution in [-0.4, -0.2) is 22.2 Å². The van der Waals surface area contributed by atoms with Crippen molar-refractivity contribution < 1.29 is 10.0 Å². The quantitative estimate of drug-likeness (QED) is 0.402. The molecule has 0 atom stereocenters. The van der Waals surface area contributed by atoms with Crippen LogP contribution in [0.25, 0.3) is 21.8 Å². The highest BCUT2D eigenvalue weighted by molar-refractivity contribution is 6.58. The lowest BCUT2D eigenvalue weighted by Crippen LogP contribution is -2.29. The molecule has 0 bridgehead atoms. The summed E-state index contributed by atoms with van der Waals surface area (Å²) in [5.74, 6) is 0. The van der Waals surface area contributed by atoms with Gasteiger partial charge in [-0.05, 0) is 29.7 Å². The van der Waals surface area contributed by atoms with E-state index in [-0.39, 0.29) is 0 Å². The molecule has 0 amide bonds. The number of nitrogens with zero attached hydrogens (tertiary/aromatic N) is 1. The van der Waals surface area contributed by atoms with Crippen LogP contribution in [0.3, 0.4) is 0 Å². The predicted octanol–water partition coefficient (Wildman–Crippen LogP) is 2.81. The third-order valence-electron chi connectivity index (χ3n) is 4.04. The number of hydrogen-bond acceptors (Lipinski definition) is 4. The first-order valence-corrected chi connectivity index (χ1v) is 7.73. The summed E-state index contributed by atoms with van der Waals surface area (Å²) in [4.78, 5) is 4.71. The van der Waals surface area contributed by atoms with E-state index in [4.69, 9.17) is 4.98 Å². The van der Waals surface area contributed by atoms with Crippen LogP contribution in [0.2, 0.25) is 0 Å². The van der Waals surface area contributed by atoms with Gasteiger partial charge in [0, 0.05) is 16.5 Å². The summed E-state index contributed by atoms with van der Waals surface area (Å²) in [5.41, 5.74) is 4.03. The first kappa shape index (κ1) is 14.7. The highest BCUT2D eigenvalue weighted by atomic mass is 16.4. The highest BCUT2D eigenvalue weighted by Gasteiger charge is 2.12. The number of para-hydroxylation sites is 2. The summed E-state index contributed by atoms with van der Waals surface area (Å²) < 4.78 is 0. The third-order valence-corrected chi connectivity index (χ3v) is 4.04. The smallest absolute Gasteiger partial charge is 0.423 e. The minimum atomic E-state index is -1.49. The molecule has 3 N–H and O–H groups in total. The van der Waals surface area contributed by atoms with Gasteiger partial charge in [0.05, 0.1) is 16.7 Å². The third kappa shape index (κ3) is 2.60. The summed E-state index contributed by atoms with van der Waals surface area (Å²) in [6, 6.07) is 23.0. The SMILES string of the molecule is OB(O)c1cccc(Nc2c3ccccc3nc3ccccc23)c1. The van der Waals surface area contributed by atoms with Crippen molar-refractivity contribution in [2.75, 3.05) is 5.32 Å². The maximum absolute atomic E-state index is 9.38. The summed E-state index contributed by atoms with van der Waals surface area (Å²) in [6.07, 6.45) is 0. The Morgan fingerprint density at radius 2 is 1.38 bits per heavy atom. The van der Waals surface area contributed by atoms with Crippen LogP contribution in [-0.2, 0) is 0 Å². The van der Waals surface area contributed by atoms with E-state index >= 15 is 0 Å². The molecule has 0 aliphatic rings. The Kier molecular flexibility index (Phi) is 3.65. The lowest BCUT2D eigenvalue weighted by molar-refractivity contribution is 0.426. The summed E-state index contributed by atoms with van der Waals surface area (Å²) in [6.45, 7) is 0. The number of anilines is 2. The molecule has 1 heterocycles. The van der Waals surface area contributed by atoms with Gasteiger partial charge in [-0.2, -0.15) is 0 Å². The summed E-state index contributed by atoms with van der Waals surface area (Å²) >= 11 is 0. The van der Waals surface area contributed by atoms with E-state index in [0.717, 1.165) is 33.2 Å². The van der Waals surface area contributed by atoms with Crippen LogP contribution < -0.4 is 10.8 Å². The molecule has 4 nitrogen and oxygen atoms in total. The van der Waals surface area contributed by atoms with Gasteiger partial charge in [-0.15, -0.1) is 0 Å². The average molecular weight is 314 g/mol. The minimum Gasteiger partial charge on any atom is -0.423 e. The van der Waals surface area contributed by atoms with Crippen LogP contribution in [0.5, 0.6) is 0 Å². The van der Waals surface area contributed by atoms with Gasteiger partial charge in [-0.1, -0.05) is 48.5 Å². The van der Waals surface area contributed by atoms with Gasteiger partial charge in [0.2, 0.25) is 0 Å². The lowest BCUT2D eigenvalue weighted by atomic mass is 9.80. The van der Waals surface area contributed by atoms with Crippen LogP contribution in [0, 0.1) is 0 Å². The van der Waals surface area contributed by atoms with Crippen molar-refractivity contribution >= 4 is 45.8 Å². The van der Waals surface area contributed by atoms with Crippen molar-refractivity contribution in [3.05, 3.63) is 72.8 Å². The first-order chi connectivity index (χ1) is 11.7. The van der Waals surface area contributed by atoms with Crippen molar-refractivity contribution in [1.29, 1.82) is 0 Å². The zero-order chi connectivity index (χ0) is 16.5. The van der Waals surface area contributed by atoms with Crippen LogP contribution in [0.15, 0.2) is 72.8 Å². The normalized spacial score (nSPS) is 10.9. The monoisotopic (exact) mass is 314 g/mol. The molecule has 0 saturated heterocycles. The minimum absolute atomic E-state index is 0.447. The fourth-order valence-electron chi connectivity index (χ4n) is 2.90. The fourth-order valence-corrected chi connectivity index (χ4v) is 2.90. The number of rotatable bonds is 3. The molecular formula is C19H15BN2O2. The summed E-state index contributed by atoms with van der Waals surface area (Å²) in [5, 5.41) is 24.2. The second kappa shape index (κ2) is 5.96. The molecular weight excluding hydrogens is 299 g/mol. The lowest BCUT2D eigenvalue weighted by Gasteiger charge is -2.14. The van der Waals surface area contributed by atoms with Crippen molar-refractivity contribution in [3.8, 4) is 0 Å². The van der Waals surface area contributed by atoms with Crippen molar-refractivity contribution in [2.24, 2.45) is 0 Å². The van der Waals surface area contributed by atoms with Gasteiger partial charge >= 0.3 is 7.12 Å². The molecule has 0 radical (unpaired) electrons. The maximum Gasteiger partial charge on any atom is 0.488 e. The van der Waals surface area contributed by atoms with E-state index < -0.39 is 7.12 Å². The van der Waals surface area contributed by atoms with Crippen molar-refractivity contribution in [3.63, 3.8) is 0 Å². The van der Waals surface area contributed by atoms with Gasteiger partial charge in [-0.25, -0.2) is 4.98 Å². The molecule has 1 aromatic heterocycles. The zero-order valence-electron chi connectivity index (χ0n) is 12.8. The first-order valence-electron chi connectivity index (χ1n) is 7.73. The van der Waals surface area contributed by atoms with Crippen molar-refractivity contribution in [1.82, 2.24) is 4.98 Å². The molecule has 4 rings (SSSR count). The molecule has 5 heteroatoms. The average Bonchev–Trinajstić information content (AvgIpc) is 2.62. The topological polar surface area (TPSA) is 65.4 Å². The maximum atomic E-state index is 9.38. The molecule has 0 unspecified atom stereocenters. The standard InChI is InChI=1S/C19H15BN2O2/c23-20(24)13-6-5-7-14(12-13)21-19-15-8-1-3-10-17(15)22-18-11-4-2-9-16(18)19/h1-12,23-24H,(H,21,22). The van der Waals surface area contributed by atoms with Crippen LogP contribution in [0.1, 0.15) is 0 Å². The fraction of sp³-hybridized carbons (Fsp3) is 0. The Hall–Kier alpha value is -2.89. The molecule has 0 aliphatic carbocycles. The Morgan fingerprint density at radius 1 is 0.750 bits per heavy atom. The molecule has 0 fully saturated rings. The second-order valence-electron chi connectivity index (χ2n) is 5.65. The van der Waals surface area contributed by atoms with Gasteiger partial charge in [0.1, 0.15) is 0 Å². The molecule has 0 spiro atoms. The molecule has 116 valence electrons. The number of aromatic nitrogens is 1. The van der Waals surface area contributed by atoms with Crippen LogP contribution >= 0.6 is 0 Å². The molecule has 0 saturated carbocycles. The number of pyridine rings is 1. The van der Waals surface area contributed by atoms with E-state index in [1.165, 1.54) is 0 Å². The van der Waals surface area contributed by atoms with E-state index in [9.17, 15) is 10.0 Å². The Bertz CT molecular complexity index is 980. The predicted molar refractivity (Wildman–Crippen MR) is 98.8 cm³/mol. The Labute approximate surface area is 139 Å². The van der Waals surface area contributed by atoms with E-state index in [2.05, 4.69) is 5.32 Å². The second-order valence-corrected chi connectivity index (χ2v) is 5.65. The molecule has 4 aromatic rings. The van der Waals surface area contributed by atoms with E-state index in [0.29, 0.717) is 5.46 Å². The Morgan fingerprint density at radius 3 is 2.00 bits per heavy atom. The van der Waals surface area contributed by atoms with Gasteiger partial charge < -0.3 is 15.4 Å². The zero-order valence-corrected chi connectivity index (χ0v) is 12.8. The number of nitrogens with one attached hydrogen (secondary N) is 1. The number of benzene rings is 3. The molecule has 3 aromatic carbocycles. The van der Waals surface area contributed by atoms with E-state index in [1.807, 2.05) is 54.6 Å². The number of hydrogen-bond donors (Lipinski definition) is 3. The highest BCUT2D eigenvalue weighted by Crippen LogP contribution is 2.32. The van der Waals surface area contributed by atoms with Gasteiger partial charge in [0.25, 0.3) is 0 Å². The molecule has 0 aliphatic heterocycles. The van der Waals surface area contributed by atoms with Crippen molar-refractivity contribution in [2.45, 2.75) is 0 Å². The van der Waals surface area contributed by atoms with Gasteiger partial charge in [0.15, 0.2) is 0 Å². The van der Waals surface area contributed by atoms with Crippen LogP contribution in [0.4, 0.5) is 11.4 Å².